The Balaban J connectivity index is 1.11. The number of nitrogens with zero attached hydrogens (tertiary/aromatic N) is 4. The van der Waals surface area contributed by atoms with E-state index in [0.717, 1.165) is 0 Å². The lowest BCUT2D eigenvalue weighted by atomic mass is 10.0. The zero-order chi connectivity index (χ0) is 38.0. The van der Waals surface area contributed by atoms with E-state index in [1.165, 1.54) is 147 Å². The van der Waals surface area contributed by atoms with Crippen LogP contribution in [0.4, 0.5) is 0 Å². The zero-order valence-electron chi connectivity index (χ0n) is 31.9. The molecule has 0 radical (unpaired) electrons. The minimum atomic E-state index is 1.24. The number of rotatable bonds is 1. The van der Waals surface area contributed by atoms with Gasteiger partial charge in [0.2, 0.25) is 0 Å². The van der Waals surface area contributed by atoms with E-state index in [0.29, 0.717) is 0 Å². The van der Waals surface area contributed by atoms with E-state index in [-0.39, 0.29) is 0 Å². The molecule has 270 valence electrons. The second-order valence-electron chi connectivity index (χ2n) is 16.9. The highest BCUT2D eigenvalue weighted by molar-refractivity contribution is 6.35. The van der Waals surface area contributed by atoms with Crippen molar-refractivity contribution in [3.05, 3.63) is 164 Å². The SMILES string of the molecule is Cn1c2c(-c3ccccc3)cccc2c2ccc3c4cccc5c6cc7c(cc6n(c54)c3c21)c1cccc2c3ccc4c5cccc6c8ccccc8n(c65)c4c3n7c12. The Morgan fingerprint density at radius 3 is 1.19 bits per heavy atom. The lowest BCUT2D eigenvalue weighted by Gasteiger charge is -2.07. The fourth-order valence-electron chi connectivity index (χ4n) is 12.1. The highest BCUT2D eigenvalue weighted by atomic mass is 15.0. The first-order valence-electron chi connectivity index (χ1n) is 20.6. The van der Waals surface area contributed by atoms with Crippen LogP contribution in [0.1, 0.15) is 0 Å². The molecule has 4 heteroatoms. The molecule has 7 heterocycles. The number of hydrogen-bond acceptors (Lipinski definition) is 0. The molecule has 16 rings (SSSR count). The minimum Gasteiger partial charge on any atom is -0.341 e. The number of aryl methyl sites for hydroxylation is 1. The van der Waals surface area contributed by atoms with Gasteiger partial charge in [0.1, 0.15) is 0 Å². The van der Waals surface area contributed by atoms with Crippen LogP contribution in [-0.4, -0.2) is 17.8 Å². The second kappa shape index (κ2) is 9.64. The number of fused-ring (bicyclic) bond motifs is 23. The maximum atomic E-state index is 2.61. The molecule has 0 aliphatic carbocycles. The summed E-state index contributed by atoms with van der Waals surface area (Å²) in [6.45, 7) is 0. The summed E-state index contributed by atoms with van der Waals surface area (Å²) >= 11 is 0. The van der Waals surface area contributed by atoms with Crippen molar-refractivity contribution in [1.29, 1.82) is 0 Å². The van der Waals surface area contributed by atoms with Crippen LogP contribution in [0, 0.1) is 0 Å². The van der Waals surface area contributed by atoms with Crippen LogP contribution in [0.25, 0.3) is 147 Å². The van der Waals surface area contributed by atoms with Crippen molar-refractivity contribution in [2.75, 3.05) is 0 Å². The summed E-state index contributed by atoms with van der Waals surface area (Å²) in [6, 6.07) is 61.7. The Kier molecular flexibility index (Phi) is 4.81. The fraction of sp³-hybridized carbons (Fsp3) is 0.0182. The van der Waals surface area contributed by atoms with Gasteiger partial charge in [-0.2, -0.15) is 0 Å². The lowest BCUT2D eigenvalue weighted by molar-refractivity contribution is 1.02. The van der Waals surface area contributed by atoms with E-state index >= 15 is 0 Å². The van der Waals surface area contributed by atoms with Gasteiger partial charge in [0.05, 0.1) is 60.7 Å². The standard InChI is InChI=1S/C55H30N4/c1-56-48-30(29-11-3-2-4-12-29)14-7-16-33(48)39-23-24-40-34-18-9-20-37-43-28-47-44(27-46(43)58(50(34)37)53(40)52(39)56)38-21-10-19-36-42-26-25-41-35-17-8-15-32-31-13-5-6-22-45(31)57(49(32)35)54(41)55(42)59(47)51(36)38/h2-28H,1H3. The molecule has 7 aromatic heterocycles. The first-order valence-corrected chi connectivity index (χ1v) is 20.6. The van der Waals surface area contributed by atoms with E-state index < -0.39 is 0 Å². The van der Waals surface area contributed by atoms with Gasteiger partial charge < -0.3 is 17.8 Å². The summed E-state index contributed by atoms with van der Waals surface area (Å²) in [5.41, 5.74) is 16.6. The van der Waals surface area contributed by atoms with Crippen LogP contribution in [0.3, 0.4) is 0 Å². The number of benzene rings is 9. The van der Waals surface area contributed by atoms with Gasteiger partial charge in [-0.1, -0.05) is 146 Å². The molecule has 0 amide bonds. The van der Waals surface area contributed by atoms with Crippen molar-refractivity contribution in [2.45, 2.75) is 0 Å². The fourth-order valence-corrected chi connectivity index (χ4v) is 12.1. The van der Waals surface area contributed by atoms with Gasteiger partial charge in [-0.15, -0.1) is 0 Å². The van der Waals surface area contributed by atoms with E-state index in [1.807, 2.05) is 0 Å². The first-order chi connectivity index (χ1) is 29.2. The van der Waals surface area contributed by atoms with Crippen molar-refractivity contribution < 1.29 is 0 Å². The van der Waals surface area contributed by atoms with E-state index in [4.69, 9.17) is 0 Å². The summed E-state index contributed by atoms with van der Waals surface area (Å²) < 4.78 is 10.2. The van der Waals surface area contributed by atoms with Crippen LogP contribution in [0.15, 0.2) is 164 Å². The summed E-state index contributed by atoms with van der Waals surface area (Å²) in [6.07, 6.45) is 0. The van der Waals surface area contributed by atoms with Gasteiger partial charge in [0, 0.05) is 88.0 Å². The van der Waals surface area contributed by atoms with Crippen molar-refractivity contribution in [1.82, 2.24) is 17.8 Å². The molecule has 0 N–H and O–H groups in total. The Morgan fingerprint density at radius 1 is 0.254 bits per heavy atom. The normalized spacial score (nSPS) is 13.2. The highest BCUT2D eigenvalue weighted by Gasteiger charge is 2.27. The third-order valence-electron chi connectivity index (χ3n) is 14.3. The van der Waals surface area contributed by atoms with Crippen LogP contribution in [0.5, 0.6) is 0 Å². The zero-order valence-corrected chi connectivity index (χ0v) is 31.9. The van der Waals surface area contributed by atoms with Gasteiger partial charge in [-0.25, -0.2) is 0 Å². The molecule has 0 aliphatic rings. The van der Waals surface area contributed by atoms with Crippen LogP contribution >= 0.6 is 0 Å². The largest absolute Gasteiger partial charge is 0.341 e. The molecule has 59 heavy (non-hydrogen) atoms. The van der Waals surface area contributed by atoms with Crippen LogP contribution in [0.2, 0.25) is 0 Å². The van der Waals surface area contributed by atoms with Crippen molar-refractivity contribution >= 4 is 136 Å². The summed E-state index contributed by atoms with van der Waals surface area (Å²) in [7, 11) is 2.26. The van der Waals surface area contributed by atoms with E-state index in [1.54, 1.807) is 0 Å². The molecule has 0 aliphatic heterocycles. The van der Waals surface area contributed by atoms with Crippen molar-refractivity contribution in [3.63, 3.8) is 0 Å². The first kappa shape index (κ1) is 29.4. The highest BCUT2D eigenvalue weighted by Crippen LogP contribution is 2.49. The molecule has 0 atom stereocenters. The van der Waals surface area contributed by atoms with E-state index in [2.05, 4.69) is 189 Å². The van der Waals surface area contributed by atoms with E-state index in [9.17, 15) is 0 Å². The van der Waals surface area contributed by atoms with Gasteiger partial charge in [-0.05, 0) is 23.8 Å². The summed E-state index contributed by atoms with van der Waals surface area (Å²) in [5, 5.41) is 18.2. The number of hydrogen-bond donors (Lipinski definition) is 0. The van der Waals surface area contributed by atoms with Crippen LogP contribution in [-0.2, 0) is 7.05 Å². The molecule has 16 aromatic rings. The van der Waals surface area contributed by atoms with Crippen LogP contribution < -0.4 is 0 Å². The quantitative estimate of drug-likeness (QED) is 0.159. The minimum absolute atomic E-state index is 1.24. The smallest absolute Gasteiger partial charge is 0.0789 e. The Labute approximate surface area is 334 Å². The summed E-state index contributed by atoms with van der Waals surface area (Å²) in [5.74, 6) is 0. The molecule has 4 nitrogen and oxygen atoms in total. The third kappa shape index (κ3) is 3.12. The second-order valence-corrected chi connectivity index (χ2v) is 16.9. The van der Waals surface area contributed by atoms with Gasteiger partial charge in [0.25, 0.3) is 0 Å². The molecule has 0 bridgehead atoms. The average Bonchev–Trinajstić information content (AvgIpc) is 4.15. The monoisotopic (exact) mass is 746 g/mol. The predicted molar refractivity (Wildman–Crippen MR) is 250 cm³/mol. The Hall–Kier alpha value is -7.82. The lowest BCUT2D eigenvalue weighted by Crippen LogP contribution is -1.92. The number of aromatic nitrogens is 4. The molecular weight excluding hydrogens is 717 g/mol. The Bertz CT molecular complexity index is 4530. The van der Waals surface area contributed by atoms with Gasteiger partial charge in [0.15, 0.2) is 0 Å². The third-order valence-corrected chi connectivity index (χ3v) is 14.3. The van der Waals surface area contributed by atoms with Crippen molar-refractivity contribution in [2.24, 2.45) is 7.05 Å². The maximum Gasteiger partial charge on any atom is 0.0789 e. The average molecular weight is 747 g/mol. The molecule has 0 unspecified atom stereocenters. The topological polar surface area (TPSA) is 18.2 Å². The maximum absolute atomic E-state index is 2.61. The molecular formula is C55H30N4. The molecule has 0 spiro atoms. The van der Waals surface area contributed by atoms with Gasteiger partial charge in [-0.3, -0.25) is 0 Å². The predicted octanol–water partition coefficient (Wildman–Crippen LogP) is 14.4. The van der Waals surface area contributed by atoms with Crippen molar-refractivity contribution in [3.8, 4) is 11.1 Å². The Morgan fingerprint density at radius 2 is 0.627 bits per heavy atom. The molecule has 0 fully saturated rings. The molecule has 0 saturated heterocycles. The molecule has 9 aromatic carbocycles. The summed E-state index contributed by atoms with van der Waals surface area (Å²) in [4.78, 5) is 0. The number of para-hydroxylation sites is 5. The van der Waals surface area contributed by atoms with Gasteiger partial charge >= 0.3 is 0 Å². The molecule has 0 saturated carbocycles.